The minimum atomic E-state index is -4.15. The molecule has 0 spiro atoms. The number of anilines is 1. The van der Waals surface area contributed by atoms with Gasteiger partial charge in [0, 0.05) is 36.5 Å². The Kier molecular flexibility index (Phi) is 6.07. The van der Waals surface area contributed by atoms with E-state index in [1.807, 2.05) is 13.0 Å². The van der Waals surface area contributed by atoms with Crippen molar-refractivity contribution in [3.8, 4) is 11.3 Å². The number of nitrogens with two attached hydrogens (primary N) is 1. The topological polar surface area (TPSA) is 137 Å². The average Bonchev–Trinajstić information content (AvgIpc) is 2.76. The molecule has 11 heteroatoms. The van der Waals surface area contributed by atoms with Crippen LogP contribution < -0.4 is 21.4 Å². The van der Waals surface area contributed by atoms with Gasteiger partial charge in [0.05, 0.1) is 17.1 Å². The molecule has 1 atom stereocenters. The number of aromatic nitrogens is 2. The van der Waals surface area contributed by atoms with Crippen molar-refractivity contribution in [2.24, 2.45) is 12.2 Å². The van der Waals surface area contributed by atoms with Crippen LogP contribution in [0.1, 0.15) is 24.1 Å². The molecule has 176 valence electrons. The molecule has 3 aromatic heterocycles. The second kappa shape index (κ2) is 8.71. The molecule has 0 amide bonds. The van der Waals surface area contributed by atoms with Crippen molar-refractivity contribution in [2.45, 2.75) is 24.9 Å². The standard InChI is InChI=1S/C23H21ClN4O5S/c1-12-8-15(13(2)26-17-5-6-20(24)27-23(17)34(25,31)32)22-16(9-12)18(29)10-19(33-22)14-4-7-21(30)28(3)11-14/h4-11,13,26H,1-3H3,(H2,25,31,32)/t13-/m1/s1. The smallest absolute Gasteiger partial charge is 0.257 e. The maximum atomic E-state index is 13.0. The summed E-state index contributed by atoms with van der Waals surface area (Å²) in [4.78, 5) is 28.6. The Balaban J connectivity index is 1.87. The number of benzene rings is 1. The van der Waals surface area contributed by atoms with Gasteiger partial charge in [-0.05, 0) is 43.7 Å². The van der Waals surface area contributed by atoms with Crippen LogP contribution in [-0.4, -0.2) is 18.0 Å². The third-order valence-electron chi connectivity index (χ3n) is 5.31. The van der Waals surface area contributed by atoms with Crippen molar-refractivity contribution < 1.29 is 12.8 Å². The van der Waals surface area contributed by atoms with E-state index < -0.39 is 21.1 Å². The molecule has 4 aromatic rings. The molecule has 9 nitrogen and oxygen atoms in total. The molecule has 1 aromatic carbocycles. The maximum absolute atomic E-state index is 13.0. The van der Waals surface area contributed by atoms with Crippen LogP contribution >= 0.6 is 11.6 Å². The molecule has 0 bridgehead atoms. The van der Waals surface area contributed by atoms with Crippen LogP contribution in [-0.2, 0) is 17.1 Å². The Bertz CT molecular complexity index is 1660. The zero-order valence-electron chi connectivity index (χ0n) is 18.5. The summed E-state index contributed by atoms with van der Waals surface area (Å²) in [5.74, 6) is 0.295. The molecule has 3 N–H and O–H groups in total. The van der Waals surface area contributed by atoms with Gasteiger partial charge in [0.1, 0.15) is 16.5 Å². The van der Waals surface area contributed by atoms with Crippen LogP contribution in [0.5, 0.6) is 0 Å². The number of hydrogen-bond acceptors (Lipinski definition) is 7. The van der Waals surface area contributed by atoms with Crippen LogP contribution in [0.2, 0.25) is 5.15 Å². The van der Waals surface area contributed by atoms with Crippen molar-refractivity contribution >= 4 is 38.3 Å². The van der Waals surface area contributed by atoms with Crippen LogP contribution in [0.3, 0.4) is 0 Å². The molecule has 0 saturated heterocycles. The van der Waals surface area contributed by atoms with Crippen molar-refractivity contribution in [2.75, 3.05) is 5.32 Å². The number of sulfonamides is 1. The molecule has 34 heavy (non-hydrogen) atoms. The van der Waals surface area contributed by atoms with Crippen molar-refractivity contribution in [1.82, 2.24) is 9.55 Å². The molecule has 0 aliphatic carbocycles. The lowest BCUT2D eigenvalue weighted by atomic mass is 10.0. The van der Waals surface area contributed by atoms with E-state index in [9.17, 15) is 18.0 Å². The summed E-state index contributed by atoms with van der Waals surface area (Å²) in [5, 5.41) is 8.36. The number of halogens is 1. The van der Waals surface area contributed by atoms with E-state index in [-0.39, 0.29) is 21.8 Å². The molecule has 0 fully saturated rings. The zero-order valence-corrected chi connectivity index (χ0v) is 20.1. The summed E-state index contributed by atoms with van der Waals surface area (Å²) in [6, 6.07) is 10.3. The minimum absolute atomic E-state index is 0.0175. The van der Waals surface area contributed by atoms with Gasteiger partial charge in [-0.15, -0.1) is 0 Å². The zero-order chi connectivity index (χ0) is 24.8. The number of hydrogen-bond donors (Lipinski definition) is 2. The molecule has 0 unspecified atom stereocenters. The lowest BCUT2D eigenvalue weighted by Crippen LogP contribution is -2.18. The first-order valence-electron chi connectivity index (χ1n) is 10.2. The first kappa shape index (κ1) is 23.7. The van der Waals surface area contributed by atoms with Crippen LogP contribution in [0, 0.1) is 6.92 Å². The SMILES string of the molecule is Cc1cc([C@@H](C)Nc2ccc(Cl)nc2S(N)(=O)=O)c2oc(-c3ccc(=O)n(C)c3)cc(=O)c2c1. The number of pyridine rings is 2. The molecule has 3 heterocycles. The molecular weight excluding hydrogens is 480 g/mol. The normalized spacial score (nSPS) is 12.6. The quantitative estimate of drug-likeness (QED) is 0.401. The molecule has 0 saturated carbocycles. The van der Waals surface area contributed by atoms with Gasteiger partial charge in [-0.25, -0.2) is 18.5 Å². The summed E-state index contributed by atoms with van der Waals surface area (Å²) in [6.07, 6.45) is 1.58. The third-order valence-corrected chi connectivity index (χ3v) is 6.37. The van der Waals surface area contributed by atoms with Gasteiger partial charge in [0.15, 0.2) is 10.5 Å². The lowest BCUT2D eigenvalue weighted by molar-refractivity contribution is 0.594. The summed E-state index contributed by atoms with van der Waals surface area (Å²) >= 11 is 5.86. The summed E-state index contributed by atoms with van der Waals surface area (Å²) in [7, 11) is -2.54. The molecule has 0 radical (unpaired) electrons. The summed E-state index contributed by atoms with van der Waals surface area (Å²) in [5.41, 5.74) is 2.05. The van der Waals surface area contributed by atoms with Gasteiger partial charge in [-0.3, -0.25) is 9.59 Å². The first-order valence-corrected chi connectivity index (χ1v) is 12.1. The summed E-state index contributed by atoms with van der Waals surface area (Å²) < 4.78 is 31.6. The number of nitrogens with zero attached hydrogens (tertiary/aromatic N) is 2. The van der Waals surface area contributed by atoms with E-state index >= 15 is 0 Å². The van der Waals surface area contributed by atoms with Crippen LogP contribution in [0.25, 0.3) is 22.3 Å². The van der Waals surface area contributed by atoms with Gasteiger partial charge in [-0.1, -0.05) is 17.7 Å². The van der Waals surface area contributed by atoms with Gasteiger partial charge < -0.3 is 14.3 Å². The molecule has 4 rings (SSSR count). The number of primary sulfonamides is 1. The molecular formula is C23H21ClN4O5S. The monoisotopic (exact) mass is 500 g/mol. The van der Waals surface area contributed by atoms with Gasteiger partial charge >= 0.3 is 0 Å². The molecule has 0 aliphatic heterocycles. The van der Waals surface area contributed by atoms with Crippen LogP contribution in [0.15, 0.2) is 67.7 Å². The van der Waals surface area contributed by atoms with Crippen molar-refractivity contribution in [3.63, 3.8) is 0 Å². The highest BCUT2D eigenvalue weighted by Gasteiger charge is 2.21. The highest BCUT2D eigenvalue weighted by Crippen LogP contribution is 2.31. The van der Waals surface area contributed by atoms with Crippen molar-refractivity contribution in [3.05, 3.63) is 85.5 Å². The Hall–Kier alpha value is -3.47. The van der Waals surface area contributed by atoms with E-state index in [1.165, 1.54) is 28.8 Å². The maximum Gasteiger partial charge on any atom is 0.257 e. The van der Waals surface area contributed by atoms with E-state index in [1.54, 1.807) is 32.3 Å². The predicted molar refractivity (Wildman–Crippen MR) is 131 cm³/mol. The van der Waals surface area contributed by atoms with E-state index in [0.717, 1.165) is 5.56 Å². The fourth-order valence-corrected chi connectivity index (χ4v) is 4.55. The highest BCUT2D eigenvalue weighted by molar-refractivity contribution is 7.89. The largest absolute Gasteiger partial charge is 0.455 e. The van der Waals surface area contributed by atoms with Gasteiger partial charge in [0.25, 0.3) is 10.0 Å². The summed E-state index contributed by atoms with van der Waals surface area (Å²) in [6.45, 7) is 3.63. The predicted octanol–water partition coefficient (Wildman–Crippen LogP) is 3.34. The Morgan fingerprint density at radius 1 is 1.15 bits per heavy atom. The van der Waals surface area contributed by atoms with E-state index in [4.69, 9.17) is 21.2 Å². The second-order valence-electron chi connectivity index (χ2n) is 7.97. The Morgan fingerprint density at radius 3 is 2.56 bits per heavy atom. The number of fused-ring (bicyclic) bond motifs is 1. The van der Waals surface area contributed by atoms with Gasteiger partial charge in [0.2, 0.25) is 5.56 Å². The lowest BCUT2D eigenvalue weighted by Gasteiger charge is -2.19. The minimum Gasteiger partial charge on any atom is -0.455 e. The Morgan fingerprint density at radius 2 is 1.88 bits per heavy atom. The average molecular weight is 501 g/mol. The van der Waals surface area contributed by atoms with E-state index in [2.05, 4.69) is 10.3 Å². The number of aryl methyl sites for hydroxylation is 2. The van der Waals surface area contributed by atoms with Gasteiger partial charge in [-0.2, -0.15) is 0 Å². The first-order chi connectivity index (χ1) is 15.9. The third kappa shape index (κ3) is 4.60. The number of rotatable bonds is 5. The van der Waals surface area contributed by atoms with Crippen molar-refractivity contribution in [1.29, 1.82) is 0 Å². The highest BCUT2D eigenvalue weighted by atomic mass is 35.5. The second-order valence-corrected chi connectivity index (χ2v) is 9.83. The molecule has 0 aliphatic rings. The van der Waals surface area contributed by atoms with E-state index in [0.29, 0.717) is 27.9 Å². The Labute approximate surface area is 199 Å². The fraction of sp³-hybridized carbons (Fsp3) is 0.174. The fourth-order valence-electron chi connectivity index (χ4n) is 3.69. The number of nitrogens with one attached hydrogen (secondary N) is 1. The van der Waals surface area contributed by atoms with Crippen LogP contribution in [0.4, 0.5) is 5.69 Å².